The molecule has 0 spiro atoms. The molecule has 0 rings (SSSR count). The summed E-state index contributed by atoms with van der Waals surface area (Å²) >= 11 is 0. The SMILES string of the molecule is NCCCC[C@H](NC(=O)CCN)C(=O)C(C(=O)O)C(=O)O. The van der Waals surface area contributed by atoms with Gasteiger partial charge in [-0.2, -0.15) is 0 Å². The maximum Gasteiger partial charge on any atom is 0.325 e. The largest absolute Gasteiger partial charge is 0.480 e. The highest BCUT2D eigenvalue weighted by molar-refractivity contribution is 6.16. The Morgan fingerprint density at radius 3 is 1.95 bits per heavy atom. The van der Waals surface area contributed by atoms with Gasteiger partial charge in [-0.15, -0.1) is 0 Å². The highest BCUT2D eigenvalue weighted by Gasteiger charge is 2.38. The third kappa shape index (κ3) is 6.82. The van der Waals surface area contributed by atoms with E-state index in [0.717, 1.165) is 0 Å². The van der Waals surface area contributed by atoms with Gasteiger partial charge >= 0.3 is 11.9 Å². The van der Waals surface area contributed by atoms with Gasteiger partial charge in [-0.1, -0.05) is 0 Å². The van der Waals surface area contributed by atoms with Crippen molar-refractivity contribution in [3.63, 3.8) is 0 Å². The molecular weight excluding hydrogens is 282 g/mol. The molecule has 1 atom stereocenters. The van der Waals surface area contributed by atoms with Crippen LogP contribution in [-0.4, -0.2) is 53.0 Å². The van der Waals surface area contributed by atoms with Crippen LogP contribution in [0, 0.1) is 5.92 Å². The quantitative estimate of drug-likeness (QED) is 0.222. The van der Waals surface area contributed by atoms with E-state index < -0.39 is 35.6 Å². The number of carbonyl (C=O) groups excluding carboxylic acids is 2. The Bertz CT molecular complexity index is 384. The van der Waals surface area contributed by atoms with Crippen molar-refractivity contribution in [1.29, 1.82) is 0 Å². The number of Topliss-reactive ketones (excluding diaryl/α,β-unsaturated/α-hetero) is 1. The van der Waals surface area contributed by atoms with E-state index in [1.54, 1.807) is 0 Å². The maximum atomic E-state index is 12.0. The number of hydrogen-bond donors (Lipinski definition) is 5. The lowest BCUT2D eigenvalue weighted by Crippen LogP contribution is -2.47. The van der Waals surface area contributed by atoms with Crippen LogP contribution < -0.4 is 16.8 Å². The summed E-state index contributed by atoms with van der Waals surface area (Å²) < 4.78 is 0. The first-order valence-electron chi connectivity index (χ1n) is 6.54. The Balaban J connectivity index is 4.97. The number of unbranched alkanes of at least 4 members (excludes halogenated alkanes) is 1. The topological polar surface area (TPSA) is 173 Å². The number of nitrogens with two attached hydrogens (primary N) is 2. The number of nitrogens with one attached hydrogen (secondary N) is 1. The number of rotatable bonds is 11. The van der Waals surface area contributed by atoms with Crippen LogP contribution in [0.1, 0.15) is 25.7 Å². The van der Waals surface area contributed by atoms with Gasteiger partial charge in [0.2, 0.25) is 11.8 Å². The van der Waals surface area contributed by atoms with E-state index in [1.807, 2.05) is 0 Å². The smallest absolute Gasteiger partial charge is 0.325 e. The fourth-order valence-electron chi connectivity index (χ4n) is 1.73. The summed E-state index contributed by atoms with van der Waals surface area (Å²) in [5, 5.41) is 20.0. The molecule has 0 heterocycles. The van der Waals surface area contributed by atoms with Crippen molar-refractivity contribution in [3.8, 4) is 0 Å². The van der Waals surface area contributed by atoms with Gasteiger partial charge in [0.1, 0.15) is 0 Å². The Morgan fingerprint density at radius 2 is 1.52 bits per heavy atom. The molecule has 9 nitrogen and oxygen atoms in total. The predicted octanol–water partition coefficient (Wildman–Crippen LogP) is -1.70. The normalized spacial score (nSPS) is 12.0. The fourth-order valence-corrected chi connectivity index (χ4v) is 1.73. The standard InChI is InChI=1S/C12H21N3O6/c13-5-2-1-3-7(15-8(16)4-6-14)10(17)9(11(18)19)12(20)21/h7,9H,1-6,13-14H2,(H,15,16)(H,18,19)(H,20,21)/t7-/m0/s1. The van der Waals surface area contributed by atoms with E-state index in [4.69, 9.17) is 21.7 Å². The van der Waals surface area contributed by atoms with Crippen LogP contribution in [0.2, 0.25) is 0 Å². The van der Waals surface area contributed by atoms with Crippen LogP contribution in [0.3, 0.4) is 0 Å². The highest BCUT2D eigenvalue weighted by atomic mass is 16.4. The van der Waals surface area contributed by atoms with Crippen LogP contribution in [0.25, 0.3) is 0 Å². The number of amides is 1. The van der Waals surface area contributed by atoms with Crippen LogP contribution >= 0.6 is 0 Å². The monoisotopic (exact) mass is 303 g/mol. The van der Waals surface area contributed by atoms with Crippen LogP contribution in [0.5, 0.6) is 0 Å². The Morgan fingerprint density at radius 1 is 0.952 bits per heavy atom. The average molecular weight is 303 g/mol. The summed E-state index contributed by atoms with van der Waals surface area (Å²) in [7, 11) is 0. The second-order valence-corrected chi connectivity index (χ2v) is 4.46. The van der Waals surface area contributed by atoms with Crippen LogP contribution in [-0.2, 0) is 19.2 Å². The first-order chi connectivity index (χ1) is 9.84. The third-order valence-corrected chi connectivity index (χ3v) is 2.78. The molecule has 9 heteroatoms. The molecule has 0 bridgehead atoms. The minimum absolute atomic E-state index is 0.0362. The highest BCUT2D eigenvalue weighted by Crippen LogP contribution is 2.10. The first-order valence-corrected chi connectivity index (χ1v) is 6.54. The van der Waals surface area contributed by atoms with Crippen molar-refractivity contribution in [3.05, 3.63) is 0 Å². The van der Waals surface area contributed by atoms with Crippen LogP contribution in [0.15, 0.2) is 0 Å². The lowest BCUT2D eigenvalue weighted by molar-refractivity contribution is -0.158. The third-order valence-electron chi connectivity index (χ3n) is 2.78. The number of aliphatic carboxylic acids is 2. The zero-order valence-electron chi connectivity index (χ0n) is 11.6. The zero-order chi connectivity index (χ0) is 16.4. The molecule has 0 saturated carbocycles. The van der Waals surface area contributed by atoms with Crippen molar-refractivity contribution < 1.29 is 29.4 Å². The summed E-state index contributed by atoms with van der Waals surface area (Å²) in [6.07, 6.45) is 1.12. The fraction of sp³-hybridized carbons (Fsp3) is 0.667. The molecule has 0 aliphatic carbocycles. The number of ketones is 1. The van der Waals surface area contributed by atoms with E-state index in [-0.39, 0.29) is 19.4 Å². The molecule has 7 N–H and O–H groups in total. The summed E-state index contributed by atoms with van der Waals surface area (Å²) in [4.78, 5) is 45.3. The molecule has 0 aromatic carbocycles. The van der Waals surface area contributed by atoms with E-state index in [9.17, 15) is 19.2 Å². The minimum atomic E-state index is -2.20. The van der Waals surface area contributed by atoms with Crippen molar-refractivity contribution in [2.75, 3.05) is 13.1 Å². The molecule has 0 aromatic heterocycles. The molecule has 1 amide bonds. The maximum absolute atomic E-state index is 12.0. The summed E-state index contributed by atoms with van der Waals surface area (Å²) in [5.74, 6) is -7.31. The zero-order valence-corrected chi connectivity index (χ0v) is 11.6. The summed E-state index contributed by atoms with van der Waals surface area (Å²) in [6.45, 7) is 0.440. The molecule has 120 valence electrons. The Hall–Kier alpha value is -2.00. The van der Waals surface area contributed by atoms with Gasteiger partial charge in [-0.05, 0) is 25.8 Å². The molecule has 0 unspecified atom stereocenters. The molecule has 0 saturated heterocycles. The summed E-state index contributed by atoms with van der Waals surface area (Å²) in [5.41, 5.74) is 10.5. The van der Waals surface area contributed by atoms with Crippen molar-refractivity contribution in [2.45, 2.75) is 31.7 Å². The molecule has 21 heavy (non-hydrogen) atoms. The van der Waals surface area contributed by atoms with E-state index in [0.29, 0.717) is 19.4 Å². The predicted molar refractivity (Wildman–Crippen MR) is 72.3 cm³/mol. The second-order valence-electron chi connectivity index (χ2n) is 4.46. The Labute approximate surface area is 121 Å². The van der Waals surface area contributed by atoms with Crippen molar-refractivity contribution in [1.82, 2.24) is 5.32 Å². The first kappa shape index (κ1) is 19.0. The number of hydrogen-bond acceptors (Lipinski definition) is 6. The molecule has 0 aliphatic rings. The van der Waals surface area contributed by atoms with E-state index in [2.05, 4.69) is 5.32 Å². The van der Waals surface area contributed by atoms with Crippen molar-refractivity contribution >= 4 is 23.6 Å². The van der Waals surface area contributed by atoms with Gasteiger partial charge in [-0.3, -0.25) is 19.2 Å². The van der Waals surface area contributed by atoms with Gasteiger partial charge in [0, 0.05) is 13.0 Å². The van der Waals surface area contributed by atoms with Gasteiger partial charge in [0.25, 0.3) is 0 Å². The summed E-state index contributed by atoms with van der Waals surface area (Å²) in [6, 6.07) is -1.17. The van der Waals surface area contributed by atoms with E-state index >= 15 is 0 Å². The molecule has 0 fully saturated rings. The second kappa shape index (κ2) is 9.83. The number of carboxylic acid groups (broad SMARTS) is 2. The van der Waals surface area contributed by atoms with E-state index in [1.165, 1.54) is 0 Å². The van der Waals surface area contributed by atoms with Gasteiger partial charge < -0.3 is 27.0 Å². The molecule has 0 radical (unpaired) electrons. The minimum Gasteiger partial charge on any atom is -0.480 e. The van der Waals surface area contributed by atoms with Gasteiger partial charge in [-0.25, -0.2) is 0 Å². The molecule has 0 aromatic rings. The lowest BCUT2D eigenvalue weighted by Gasteiger charge is -2.19. The van der Waals surface area contributed by atoms with Gasteiger partial charge in [0.05, 0.1) is 6.04 Å². The molecule has 0 aliphatic heterocycles. The van der Waals surface area contributed by atoms with Crippen LogP contribution in [0.4, 0.5) is 0 Å². The lowest BCUT2D eigenvalue weighted by atomic mass is 9.94. The van der Waals surface area contributed by atoms with Gasteiger partial charge in [0.15, 0.2) is 5.78 Å². The molecular formula is C12H21N3O6. The Kier molecular flexibility index (Phi) is 8.90. The number of carboxylic acids is 2. The van der Waals surface area contributed by atoms with Crippen molar-refractivity contribution in [2.24, 2.45) is 17.4 Å². The number of carbonyl (C=O) groups is 4. The average Bonchev–Trinajstić information content (AvgIpc) is 2.37.